The highest BCUT2D eigenvalue weighted by atomic mass is 32.1. The Kier molecular flexibility index (Phi) is 4.57. The molecule has 2 aromatic rings. The Balaban J connectivity index is 1.73. The number of carbonyl (C=O) groups is 1. The van der Waals surface area contributed by atoms with Crippen LogP contribution in [0.2, 0.25) is 0 Å². The average molecular weight is 319 g/mol. The van der Waals surface area contributed by atoms with E-state index in [-0.39, 0.29) is 11.8 Å². The van der Waals surface area contributed by atoms with Gasteiger partial charge in [-0.05, 0) is 25.8 Å². The predicted molar refractivity (Wildman–Crippen MR) is 86.9 cm³/mol. The number of thiophene rings is 1. The van der Waals surface area contributed by atoms with Gasteiger partial charge in [0.05, 0.1) is 10.6 Å². The van der Waals surface area contributed by atoms with E-state index in [1.54, 1.807) is 11.3 Å². The zero-order valence-corrected chi connectivity index (χ0v) is 13.8. The van der Waals surface area contributed by atoms with E-state index in [1.807, 2.05) is 19.9 Å². The molecule has 0 radical (unpaired) electrons. The molecule has 1 aliphatic carbocycles. The monoisotopic (exact) mass is 319 g/mol. The minimum absolute atomic E-state index is 0.148. The summed E-state index contributed by atoms with van der Waals surface area (Å²) in [7, 11) is 0. The summed E-state index contributed by atoms with van der Waals surface area (Å²) in [5.41, 5.74) is 0.874. The fourth-order valence-electron chi connectivity index (χ4n) is 2.81. The number of hydrogen-bond acceptors (Lipinski definition) is 5. The van der Waals surface area contributed by atoms with Gasteiger partial charge < -0.3 is 9.84 Å². The molecule has 1 saturated carbocycles. The zero-order chi connectivity index (χ0) is 15.5. The molecule has 1 aliphatic rings. The molecule has 2 aromatic heterocycles. The Labute approximate surface area is 134 Å². The van der Waals surface area contributed by atoms with Crippen molar-refractivity contribution in [1.29, 1.82) is 0 Å². The minimum Gasteiger partial charge on any atom is -0.339 e. The van der Waals surface area contributed by atoms with E-state index >= 15 is 0 Å². The Morgan fingerprint density at radius 2 is 2.18 bits per heavy atom. The second kappa shape index (κ2) is 6.60. The number of aryl methyl sites for hydroxylation is 2. The van der Waals surface area contributed by atoms with Crippen molar-refractivity contribution in [2.45, 2.75) is 52.4 Å². The van der Waals surface area contributed by atoms with Crippen LogP contribution in [0.25, 0.3) is 10.7 Å². The van der Waals surface area contributed by atoms with Crippen LogP contribution in [0.5, 0.6) is 0 Å². The number of rotatable bonds is 4. The molecule has 0 aliphatic heterocycles. The summed E-state index contributed by atoms with van der Waals surface area (Å²) in [6.07, 6.45) is 6.31. The first kappa shape index (κ1) is 15.2. The van der Waals surface area contributed by atoms with Gasteiger partial charge in [-0.1, -0.05) is 31.3 Å². The maximum absolute atomic E-state index is 12.4. The third kappa shape index (κ3) is 3.21. The average Bonchev–Trinajstić information content (AvgIpc) is 3.15. The first-order valence-corrected chi connectivity index (χ1v) is 8.73. The first-order chi connectivity index (χ1) is 10.7. The number of nitrogens with zero attached hydrogens (tertiary/aromatic N) is 2. The van der Waals surface area contributed by atoms with Crippen LogP contribution >= 0.6 is 11.3 Å². The lowest BCUT2D eigenvalue weighted by atomic mass is 9.88. The molecule has 22 heavy (non-hydrogen) atoms. The molecule has 0 spiro atoms. The van der Waals surface area contributed by atoms with Crippen molar-refractivity contribution in [3.63, 3.8) is 0 Å². The van der Waals surface area contributed by atoms with Gasteiger partial charge in [-0.2, -0.15) is 4.98 Å². The normalized spacial score (nSPS) is 15.9. The lowest BCUT2D eigenvalue weighted by Crippen LogP contribution is -2.24. The van der Waals surface area contributed by atoms with Crippen LogP contribution in [0.4, 0.5) is 5.69 Å². The van der Waals surface area contributed by atoms with E-state index < -0.39 is 0 Å². The summed E-state index contributed by atoms with van der Waals surface area (Å²) < 4.78 is 5.15. The Morgan fingerprint density at radius 3 is 2.86 bits per heavy atom. The third-order valence-electron chi connectivity index (χ3n) is 4.14. The van der Waals surface area contributed by atoms with Gasteiger partial charge in [0, 0.05) is 17.2 Å². The van der Waals surface area contributed by atoms with Gasteiger partial charge >= 0.3 is 0 Å². The quantitative estimate of drug-likeness (QED) is 0.917. The second-order valence-corrected chi connectivity index (χ2v) is 7.03. The summed E-state index contributed by atoms with van der Waals surface area (Å²) in [4.78, 5) is 18.7. The molecule has 0 saturated heterocycles. The number of amides is 1. The van der Waals surface area contributed by atoms with Crippen LogP contribution in [0, 0.1) is 12.8 Å². The molecule has 1 amide bonds. The summed E-state index contributed by atoms with van der Waals surface area (Å²) in [5, 5.41) is 7.07. The van der Waals surface area contributed by atoms with E-state index in [2.05, 4.69) is 15.5 Å². The molecular formula is C16H21N3O2S. The van der Waals surface area contributed by atoms with E-state index in [4.69, 9.17) is 4.52 Å². The summed E-state index contributed by atoms with van der Waals surface area (Å²) >= 11 is 1.58. The highest BCUT2D eigenvalue weighted by molar-refractivity contribution is 7.16. The van der Waals surface area contributed by atoms with E-state index in [0.29, 0.717) is 11.7 Å². The van der Waals surface area contributed by atoms with Crippen molar-refractivity contribution in [3.05, 3.63) is 16.8 Å². The number of anilines is 1. The van der Waals surface area contributed by atoms with Crippen LogP contribution < -0.4 is 5.32 Å². The lowest BCUT2D eigenvalue weighted by Gasteiger charge is -2.20. The highest BCUT2D eigenvalue weighted by Crippen LogP contribution is 2.34. The number of aromatic nitrogens is 2. The van der Waals surface area contributed by atoms with Gasteiger partial charge in [-0.3, -0.25) is 4.79 Å². The molecule has 0 aromatic carbocycles. The highest BCUT2D eigenvalue weighted by Gasteiger charge is 2.22. The van der Waals surface area contributed by atoms with Crippen molar-refractivity contribution in [1.82, 2.24) is 10.1 Å². The molecule has 2 heterocycles. The summed E-state index contributed by atoms with van der Waals surface area (Å²) in [6.45, 7) is 3.98. The van der Waals surface area contributed by atoms with Crippen LogP contribution in [-0.2, 0) is 11.2 Å². The smallest absolute Gasteiger partial charge is 0.227 e. The van der Waals surface area contributed by atoms with E-state index in [0.717, 1.165) is 47.5 Å². The maximum Gasteiger partial charge on any atom is 0.227 e. The summed E-state index contributed by atoms with van der Waals surface area (Å²) in [5.74, 6) is 1.54. The number of nitrogens with one attached hydrogen (secondary N) is 1. The maximum atomic E-state index is 12.4. The standard InChI is InChI=1S/C16H21N3O2S/c1-3-14-18-15(19-21-14)13-9-12(10(2)22-13)17-16(20)11-7-5-4-6-8-11/h9,11H,3-8H2,1-2H3,(H,17,20). The van der Waals surface area contributed by atoms with Crippen molar-refractivity contribution >= 4 is 22.9 Å². The number of hydrogen-bond donors (Lipinski definition) is 1. The molecule has 3 rings (SSSR count). The molecule has 0 bridgehead atoms. The van der Waals surface area contributed by atoms with Crippen molar-refractivity contribution in [2.24, 2.45) is 5.92 Å². The Bertz CT molecular complexity index is 656. The van der Waals surface area contributed by atoms with E-state index in [1.165, 1.54) is 6.42 Å². The SMILES string of the molecule is CCc1nc(-c2cc(NC(=O)C3CCCCC3)c(C)s2)no1. The van der Waals surface area contributed by atoms with Gasteiger partial charge in [0.2, 0.25) is 17.6 Å². The molecular weight excluding hydrogens is 298 g/mol. The van der Waals surface area contributed by atoms with Crippen molar-refractivity contribution < 1.29 is 9.32 Å². The molecule has 6 heteroatoms. The minimum atomic E-state index is 0.148. The van der Waals surface area contributed by atoms with Crippen LogP contribution in [0.3, 0.4) is 0 Å². The van der Waals surface area contributed by atoms with Gasteiger partial charge in [0.25, 0.3) is 0 Å². The van der Waals surface area contributed by atoms with Crippen LogP contribution in [0.1, 0.15) is 49.8 Å². The van der Waals surface area contributed by atoms with E-state index in [9.17, 15) is 4.79 Å². The van der Waals surface area contributed by atoms with Gasteiger partial charge in [0.1, 0.15) is 0 Å². The molecule has 5 nitrogen and oxygen atoms in total. The van der Waals surface area contributed by atoms with Crippen LogP contribution in [0.15, 0.2) is 10.6 Å². The van der Waals surface area contributed by atoms with Crippen molar-refractivity contribution in [3.8, 4) is 10.7 Å². The van der Waals surface area contributed by atoms with Gasteiger partial charge in [-0.15, -0.1) is 11.3 Å². The Hall–Kier alpha value is -1.69. The second-order valence-electron chi connectivity index (χ2n) is 5.77. The topological polar surface area (TPSA) is 68.0 Å². The largest absolute Gasteiger partial charge is 0.339 e. The summed E-state index contributed by atoms with van der Waals surface area (Å²) in [6, 6.07) is 1.95. The molecule has 1 N–H and O–H groups in total. The Morgan fingerprint density at radius 1 is 1.41 bits per heavy atom. The van der Waals surface area contributed by atoms with Gasteiger partial charge in [0.15, 0.2) is 0 Å². The van der Waals surface area contributed by atoms with Crippen molar-refractivity contribution in [2.75, 3.05) is 5.32 Å². The molecule has 0 unspecified atom stereocenters. The zero-order valence-electron chi connectivity index (χ0n) is 13.0. The number of carbonyl (C=O) groups excluding carboxylic acids is 1. The third-order valence-corrected chi connectivity index (χ3v) is 5.19. The first-order valence-electron chi connectivity index (χ1n) is 7.91. The molecule has 0 atom stereocenters. The fourth-order valence-corrected chi connectivity index (χ4v) is 3.72. The van der Waals surface area contributed by atoms with Crippen LogP contribution in [-0.4, -0.2) is 16.0 Å². The predicted octanol–water partition coefficient (Wildman–Crippen LogP) is 4.19. The fraction of sp³-hybridized carbons (Fsp3) is 0.562. The van der Waals surface area contributed by atoms with Gasteiger partial charge in [-0.25, -0.2) is 0 Å². The molecule has 1 fully saturated rings. The lowest BCUT2D eigenvalue weighted by molar-refractivity contribution is -0.120. The molecule has 118 valence electrons.